The van der Waals surface area contributed by atoms with Crippen molar-refractivity contribution in [3.8, 4) is 0 Å². The first kappa shape index (κ1) is 6.60. The van der Waals surface area contributed by atoms with Gasteiger partial charge in [0.05, 0.1) is 11.7 Å². The Kier molecular flexibility index (Phi) is 1.16. The maximum atomic E-state index is 4.23. The number of nitrogens with zero attached hydrogens (tertiary/aromatic N) is 2. The Balaban J connectivity index is 2.65. The first-order valence-electron chi connectivity index (χ1n) is 4.11. The van der Waals surface area contributed by atoms with Crippen LogP contribution in [0.1, 0.15) is 0 Å². The van der Waals surface area contributed by atoms with Crippen molar-refractivity contribution >= 4 is 21.7 Å². The van der Waals surface area contributed by atoms with Crippen LogP contribution in [0.3, 0.4) is 0 Å². The average molecular weight is 169 g/mol. The molecule has 0 aliphatic carbocycles. The summed E-state index contributed by atoms with van der Waals surface area (Å²) < 4.78 is 0. The quantitative estimate of drug-likeness (QED) is 0.560. The normalized spacial score (nSPS) is 11.1. The second-order valence-electron chi connectivity index (χ2n) is 2.98. The van der Waals surface area contributed by atoms with Gasteiger partial charge >= 0.3 is 0 Å². The molecule has 0 saturated carbocycles. The third-order valence-electron chi connectivity index (χ3n) is 2.24. The number of aromatic nitrogens is 3. The Morgan fingerprint density at radius 2 is 2.08 bits per heavy atom. The number of H-pyrrole nitrogens is 1. The third-order valence-corrected chi connectivity index (χ3v) is 2.24. The molecule has 0 spiro atoms. The largest absolute Gasteiger partial charge is 0.285 e. The zero-order chi connectivity index (χ0) is 8.67. The highest BCUT2D eigenvalue weighted by atomic mass is 15.1. The minimum atomic E-state index is 1.03. The van der Waals surface area contributed by atoms with E-state index in [2.05, 4.69) is 15.2 Å². The van der Waals surface area contributed by atoms with Crippen LogP contribution in [0.25, 0.3) is 21.7 Å². The Hall–Kier alpha value is -1.90. The van der Waals surface area contributed by atoms with Crippen LogP contribution in [0.15, 0.2) is 36.8 Å². The summed E-state index contributed by atoms with van der Waals surface area (Å²) in [5.41, 5.74) is 1.03. The van der Waals surface area contributed by atoms with E-state index < -0.39 is 0 Å². The first-order chi connectivity index (χ1) is 6.45. The Morgan fingerprint density at radius 1 is 1.08 bits per heavy atom. The second kappa shape index (κ2) is 2.29. The molecule has 0 fully saturated rings. The number of hydrogen-bond acceptors (Lipinski definition) is 2. The Labute approximate surface area is 74.4 Å². The molecule has 0 radical (unpaired) electrons. The van der Waals surface area contributed by atoms with Crippen molar-refractivity contribution in [1.29, 1.82) is 0 Å². The minimum Gasteiger partial charge on any atom is -0.285 e. The number of nitrogens with one attached hydrogen (secondary N) is 1. The van der Waals surface area contributed by atoms with E-state index in [0.29, 0.717) is 0 Å². The molecule has 0 amide bonds. The highest BCUT2D eigenvalue weighted by Gasteiger charge is 2.00. The van der Waals surface area contributed by atoms with Gasteiger partial charge in [-0.25, -0.2) is 0 Å². The van der Waals surface area contributed by atoms with Gasteiger partial charge in [-0.15, -0.1) is 0 Å². The van der Waals surface area contributed by atoms with Crippen molar-refractivity contribution in [3.63, 3.8) is 0 Å². The summed E-state index contributed by atoms with van der Waals surface area (Å²) in [6, 6.07) is 6.07. The smallest absolute Gasteiger partial charge is 0.0709 e. The second-order valence-corrected chi connectivity index (χ2v) is 2.98. The monoisotopic (exact) mass is 169 g/mol. The maximum absolute atomic E-state index is 4.23. The number of rotatable bonds is 0. The molecular formula is C10H7N3. The number of fused-ring (bicyclic) bond motifs is 3. The molecule has 3 nitrogen and oxygen atoms in total. The van der Waals surface area contributed by atoms with Gasteiger partial charge in [0.25, 0.3) is 0 Å². The fourth-order valence-corrected chi connectivity index (χ4v) is 1.60. The lowest BCUT2D eigenvalue weighted by molar-refractivity contribution is 1.05. The van der Waals surface area contributed by atoms with Crippen molar-refractivity contribution in [2.45, 2.75) is 0 Å². The lowest BCUT2D eigenvalue weighted by atomic mass is 10.1. The fraction of sp³-hybridized carbons (Fsp3) is 0. The van der Waals surface area contributed by atoms with Crippen molar-refractivity contribution in [2.24, 2.45) is 0 Å². The summed E-state index contributed by atoms with van der Waals surface area (Å²) in [6.07, 6.45) is 5.55. The summed E-state index contributed by atoms with van der Waals surface area (Å²) in [5, 5.41) is 10.3. The summed E-state index contributed by atoms with van der Waals surface area (Å²) in [7, 11) is 0. The molecular weight excluding hydrogens is 162 g/mol. The van der Waals surface area contributed by atoms with Crippen molar-refractivity contribution in [1.82, 2.24) is 15.2 Å². The number of hydrogen-bond donors (Lipinski definition) is 1. The van der Waals surface area contributed by atoms with Crippen LogP contribution in [0.2, 0.25) is 0 Å². The molecule has 0 aliphatic rings. The molecule has 2 heterocycles. The van der Waals surface area contributed by atoms with E-state index in [1.807, 2.05) is 36.8 Å². The van der Waals surface area contributed by atoms with E-state index in [-0.39, 0.29) is 0 Å². The predicted molar refractivity (Wildman–Crippen MR) is 51.4 cm³/mol. The van der Waals surface area contributed by atoms with Gasteiger partial charge in [-0.05, 0) is 12.1 Å². The van der Waals surface area contributed by atoms with Gasteiger partial charge in [-0.3, -0.25) is 10.1 Å². The van der Waals surface area contributed by atoms with Gasteiger partial charge < -0.3 is 0 Å². The fourth-order valence-electron chi connectivity index (χ4n) is 1.60. The van der Waals surface area contributed by atoms with Crippen LogP contribution in [0.5, 0.6) is 0 Å². The van der Waals surface area contributed by atoms with Crippen LogP contribution in [0, 0.1) is 0 Å². The molecule has 3 rings (SSSR count). The minimum absolute atomic E-state index is 1.03. The molecule has 1 N–H and O–H groups in total. The summed E-state index contributed by atoms with van der Waals surface area (Å²) >= 11 is 0. The lowest BCUT2D eigenvalue weighted by Gasteiger charge is -1.96. The molecule has 3 heteroatoms. The molecule has 1 aromatic carbocycles. The highest BCUT2D eigenvalue weighted by Crippen LogP contribution is 2.22. The SMILES string of the molecule is c1cc2c(ccc3cn[nH]cc32)n1. The molecule has 0 atom stereocenters. The van der Waals surface area contributed by atoms with Gasteiger partial charge in [-0.2, -0.15) is 5.10 Å². The molecule has 13 heavy (non-hydrogen) atoms. The maximum Gasteiger partial charge on any atom is 0.0709 e. The molecule has 2 aromatic heterocycles. The van der Waals surface area contributed by atoms with Gasteiger partial charge in [0.2, 0.25) is 0 Å². The Morgan fingerprint density at radius 3 is 3.08 bits per heavy atom. The van der Waals surface area contributed by atoms with Crippen LogP contribution in [-0.2, 0) is 0 Å². The van der Waals surface area contributed by atoms with Gasteiger partial charge in [-0.1, -0.05) is 6.07 Å². The van der Waals surface area contributed by atoms with Crippen LogP contribution in [-0.4, -0.2) is 15.2 Å². The van der Waals surface area contributed by atoms with E-state index in [4.69, 9.17) is 0 Å². The summed E-state index contributed by atoms with van der Waals surface area (Å²) in [6.45, 7) is 0. The molecule has 0 saturated heterocycles. The van der Waals surface area contributed by atoms with E-state index in [1.165, 1.54) is 10.8 Å². The summed E-state index contributed by atoms with van der Waals surface area (Å²) in [5.74, 6) is 0. The topological polar surface area (TPSA) is 41.6 Å². The van der Waals surface area contributed by atoms with Gasteiger partial charge in [0, 0.05) is 28.6 Å². The average Bonchev–Trinajstić information content (AvgIpc) is 2.65. The zero-order valence-electron chi connectivity index (χ0n) is 6.86. The van der Waals surface area contributed by atoms with Crippen LogP contribution >= 0.6 is 0 Å². The molecule has 62 valence electrons. The lowest BCUT2D eigenvalue weighted by Crippen LogP contribution is -1.80. The molecule has 0 aliphatic heterocycles. The van der Waals surface area contributed by atoms with E-state index >= 15 is 0 Å². The van der Waals surface area contributed by atoms with E-state index in [9.17, 15) is 0 Å². The zero-order valence-corrected chi connectivity index (χ0v) is 6.86. The molecule has 0 bridgehead atoms. The summed E-state index contributed by atoms with van der Waals surface area (Å²) in [4.78, 5) is 4.23. The van der Waals surface area contributed by atoms with Crippen molar-refractivity contribution < 1.29 is 0 Å². The van der Waals surface area contributed by atoms with Crippen molar-refractivity contribution in [3.05, 3.63) is 36.8 Å². The van der Waals surface area contributed by atoms with Crippen LogP contribution < -0.4 is 0 Å². The van der Waals surface area contributed by atoms with E-state index in [0.717, 1.165) is 10.9 Å². The van der Waals surface area contributed by atoms with Crippen LogP contribution in [0.4, 0.5) is 0 Å². The number of benzene rings is 1. The molecule has 3 aromatic rings. The van der Waals surface area contributed by atoms with Gasteiger partial charge in [0.1, 0.15) is 0 Å². The van der Waals surface area contributed by atoms with Crippen molar-refractivity contribution in [2.75, 3.05) is 0 Å². The number of aromatic amines is 1. The van der Waals surface area contributed by atoms with E-state index in [1.54, 1.807) is 0 Å². The van der Waals surface area contributed by atoms with Gasteiger partial charge in [0.15, 0.2) is 0 Å². The first-order valence-corrected chi connectivity index (χ1v) is 4.11. The third kappa shape index (κ3) is 0.839. The molecule has 0 unspecified atom stereocenters. The highest BCUT2D eigenvalue weighted by molar-refractivity contribution is 6.05. The predicted octanol–water partition coefficient (Wildman–Crippen LogP) is 2.11. The Bertz CT molecular complexity index is 568. The standard InChI is InChI=1S/C10H7N3/c1-2-10-8(3-4-11-10)9-6-13-12-5-7(1)9/h1-6,13H.